The molecule has 0 fully saturated rings. The summed E-state index contributed by atoms with van der Waals surface area (Å²) in [6.45, 7) is 0. The van der Waals surface area contributed by atoms with E-state index < -0.39 is 0 Å². The third-order valence-electron chi connectivity index (χ3n) is 4.42. The molecule has 30 heavy (non-hydrogen) atoms. The molecule has 7 nitrogen and oxygen atoms in total. The van der Waals surface area contributed by atoms with Crippen molar-refractivity contribution in [1.29, 1.82) is 0 Å². The fourth-order valence-electron chi connectivity index (χ4n) is 3.01. The molecule has 8 heteroatoms. The number of thioether (sulfide) groups is 1. The quantitative estimate of drug-likeness (QED) is 0.318. The Labute approximate surface area is 177 Å². The molecule has 0 saturated carbocycles. The van der Waals surface area contributed by atoms with E-state index in [1.54, 1.807) is 19.4 Å². The molecule has 2 heterocycles. The number of methoxy groups -OCH3 is 2. The van der Waals surface area contributed by atoms with E-state index in [0.717, 1.165) is 11.3 Å². The molecule has 0 amide bonds. The fraction of sp³-hybridized carbons (Fsp3) is 0.136. The zero-order valence-corrected chi connectivity index (χ0v) is 17.3. The van der Waals surface area contributed by atoms with E-state index in [9.17, 15) is 4.79 Å². The van der Waals surface area contributed by atoms with Gasteiger partial charge in [0.05, 0.1) is 31.7 Å². The fourth-order valence-corrected chi connectivity index (χ4v) is 3.90. The van der Waals surface area contributed by atoms with Crippen LogP contribution in [0.1, 0.15) is 15.9 Å². The van der Waals surface area contributed by atoms with Crippen molar-refractivity contribution in [2.75, 3.05) is 14.2 Å². The van der Waals surface area contributed by atoms with Gasteiger partial charge in [0.25, 0.3) is 0 Å². The Bertz CT molecular complexity index is 1150. The van der Waals surface area contributed by atoms with Crippen LogP contribution < -0.4 is 4.74 Å². The number of benzene rings is 2. The lowest BCUT2D eigenvalue weighted by molar-refractivity contribution is 0.0600. The monoisotopic (exact) mass is 421 g/mol. The Kier molecular flexibility index (Phi) is 5.85. The Morgan fingerprint density at radius 1 is 1.07 bits per heavy atom. The molecule has 152 valence electrons. The molecule has 4 rings (SSSR count). The number of esters is 1. The highest BCUT2D eigenvalue weighted by atomic mass is 32.2. The number of ether oxygens (including phenoxy) is 2. The van der Waals surface area contributed by atoms with Crippen molar-refractivity contribution in [1.82, 2.24) is 14.8 Å². The van der Waals surface area contributed by atoms with Crippen LogP contribution in [-0.4, -0.2) is 35.0 Å². The molecule has 2 aromatic heterocycles. The molecule has 2 aromatic carbocycles. The van der Waals surface area contributed by atoms with Gasteiger partial charge in [0.15, 0.2) is 10.9 Å². The van der Waals surface area contributed by atoms with E-state index in [4.69, 9.17) is 13.9 Å². The van der Waals surface area contributed by atoms with Crippen molar-refractivity contribution in [3.05, 3.63) is 78.1 Å². The lowest BCUT2D eigenvalue weighted by Crippen LogP contribution is -2.03. The summed E-state index contributed by atoms with van der Waals surface area (Å²) < 4.78 is 17.8. The topological polar surface area (TPSA) is 79.4 Å². The second kappa shape index (κ2) is 8.87. The van der Waals surface area contributed by atoms with Gasteiger partial charge in [-0.05, 0) is 42.0 Å². The average molecular weight is 421 g/mol. The van der Waals surface area contributed by atoms with Crippen LogP contribution in [0.25, 0.3) is 17.3 Å². The third kappa shape index (κ3) is 3.95. The molecule has 0 N–H and O–H groups in total. The molecular formula is C22H19N3O4S. The van der Waals surface area contributed by atoms with Crippen LogP contribution in [0.4, 0.5) is 0 Å². The lowest BCUT2D eigenvalue weighted by Gasteiger charge is -2.13. The summed E-state index contributed by atoms with van der Waals surface area (Å²) >= 11 is 1.50. The highest BCUT2D eigenvalue weighted by molar-refractivity contribution is 7.98. The Balaban J connectivity index is 1.70. The summed E-state index contributed by atoms with van der Waals surface area (Å²) in [6.07, 6.45) is 1.60. The third-order valence-corrected chi connectivity index (χ3v) is 5.42. The zero-order valence-electron chi connectivity index (χ0n) is 16.4. The standard InChI is InChI=1S/C22H19N3O4S/c1-27-18-10-4-3-9-17(18)25-20(19-11-6-12-29-19)23-24-22(25)30-14-15-7-5-8-16(13-15)21(26)28-2/h3-13H,14H2,1-2H3. The summed E-state index contributed by atoms with van der Waals surface area (Å²) in [7, 11) is 3.00. The molecule has 0 saturated heterocycles. The van der Waals surface area contributed by atoms with E-state index in [-0.39, 0.29) is 5.97 Å². The first-order valence-corrected chi connectivity index (χ1v) is 10.1. The lowest BCUT2D eigenvalue weighted by atomic mass is 10.1. The molecule has 0 atom stereocenters. The van der Waals surface area contributed by atoms with Gasteiger partial charge in [-0.1, -0.05) is 36.0 Å². The summed E-state index contributed by atoms with van der Waals surface area (Å²) in [5.74, 6) is 2.11. The van der Waals surface area contributed by atoms with Gasteiger partial charge in [-0.15, -0.1) is 10.2 Å². The van der Waals surface area contributed by atoms with Crippen molar-refractivity contribution >= 4 is 17.7 Å². The number of rotatable bonds is 7. The maximum Gasteiger partial charge on any atom is 0.337 e. The minimum absolute atomic E-state index is 0.362. The Hall–Kier alpha value is -3.52. The van der Waals surface area contributed by atoms with Crippen LogP contribution >= 0.6 is 11.8 Å². The van der Waals surface area contributed by atoms with Crippen LogP contribution in [0.5, 0.6) is 5.75 Å². The number of furan rings is 1. The highest BCUT2D eigenvalue weighted by Crippen LogP contribution is 2.33. The Morgan fingerprint density at radius 2 is 1.93 bits per heavy atom. The van der Waals surface area contributed by atoms with Gasteiger partial charge in [-0.3, -0.25) is 4.57 Å². The average Bonchev–Trinajstić information content (AvgIpc) is 3.47. The maximum absolute atomic E-state index is 11.8. The summed E-state index contributed by atoms with van der Waals surface area (Å²) in [5, 5.41) is 9.41. The van der Waals surface area contributed by atoms with Crippen LogP contribution in [0.3, 0.4) is 0 Å². The number of carbonyl (C=O) groups excluding carboxylic acids is 1. The van der Waals surface area contributed by atoms with E-state index in [1.807, 2.05) is 59.2 Å². The summed E-state index contributed by atoms with van der Waals surface area (Å²) in [6, 6.07) is 18.6. The molecule has 0 radical (unpaired) electrons. The van der Waals surface area contributed by atoms with Gasteiger partial charge in [0, 0.05) is 5.75 Å². The largest absolute Gasteiger partial charge is 0.495 e. The molecular weight excluding hydrogens is 402 g/mol. The minimum atomic E-state index is -0.362. The number of hydrogen-bond donors (Lipinski definition) is 0. The van der Waals surface area contributed by atoms with Gasteiger partial charge in [-0.25, -0.2) is 4.79 Å². The van der Waals surface area contributed by atoms with Crippen LogP contribution in [0.15, 0.2) is 76.5 Å². The van der Waals surface area contributed by atoms with Crippen molar-refractivity contribution in [3.63, 3.8) is 0 Å². The second-order valence-corrected chi connectivity index (χ2v) is 7.21. The number of nitrogens with zero attached hydrogens (tertiary/aromatic N) is 3. The minimum Gasteiger partial charge on any atom is -0.495 e. The highest BCUT2D eigenvalue weighted by Gasteiger charge is 2.20. The predicted molar refractivity (Wildman–Crippen MR) is 113 cm³/mol. The molecule has 0 aliphatic rings. The Morgan fingerprint density at radius 3 is 2.70 bits per heavy atom. The first-order valence-electron chi connectivity index (χ1n) is 9.14. The second-order valence-electron chi connectivity index (χ2n) is 6.27. The summed E-state index contributed by atoms with van der Waals surface area (Å²) in [4.78, 5) is 11.8. The number of hydrogen-bond acceptors (Lipinski definition) is 7. The SMILES string of the molecule is COC(=O)c1cccc(CSc2nnc(-c3ccco3)n2-c2ccccc2OC)c1. The molecule has 0 aliphatic heterocycles. The van der Waals surface area contributed by atoms with E-state index >= 15 is 0 Å². The van der Waals surface area contributed by atoms with Crippen molar-refractivity contribution in [2.45, 2.75) is 10.9 Å². The van der Waals surface area contributed by atoms with Gasteiger partial charge >= 0.3 is 5.97 Å². The van der Waals surface area contributed by atoms with Gasteiger partial charge in [0.2, 0.25) is 5.82 Å². The van der Waals surface area contributed by atoms with Crippen LogP contribution in [0.2, 0.25) is 0 Å². The number of carbonyl (C=O) groups is 1. The molecule has 0 spiro atoms. The summed E-state index contributed by atoms with van der Waals surface area (Å²) in [5.41, 5.74) is 2.29. The molecule has 0 aliphatic carbocycles. The molecule has 0 unspecified atom stereocenters. The van der Waals surface area contributed by atoms with Crippen molar-refractivity contribution in [2.24, 2.45) is 0 Å². The molecule has 4 aromatic rings. The zero-order chi connectivity index (χ0) is 20.9. The van der Waals surface area contributed by atoms with E-state index in [1.165, 1.54) is 18.9 Å². The first kappa shape index (κ1) is 19.8. The molecule has 0 bridgehead atoms. The van der Waals surface area contributed by atoms with E-state index in [2.05, 4.69) is 10.2 Å². The first-order chi connectivity index (χ1) is 14.7. The maximum atomic E-state index is 11.8. The van der Waals surface area contributed by atoms with Crippen LogP contribution in [0, 0.1) is 0 Å². The normalized spacial score (nSPS) is 10.7. The van der Waals surface area contributed by atoms with Crippen molar-refractivity contribution in [3.8, 4) is 23.0 Å². The van der Waals surface area contributed by atoms with E-state index in [0.29, 0.717) is 33.8 Å². The number of aromatic nitrogens is 3. The van der Waals surface area contributed by atoms with Gasteiger partial charge in [0.1, 0.15) is 5.75 Å². The van der Waals surface area contributed by atoms with Gasteiger partial charge < -0.3 is 13.9 Å². The smallest absolute Gasteiger partial charge is 0.337 e. The van der Waals surface area contributed by atoms with Crippen molar-refractivity contribution < 1.29 is 18.7 Å². The van der Waals surface area contributed by atoms with Crippen LogP contribution in [-0.2, 0) is 10.5 Å². The predicted octanol–water partition coefficient (Wildman–Crippen LogP) is 4.61. The van der Waals surface area contributed by atoms with Gasteiger partial charge in [-0.2, -0.15) is 0 Å². The number of para-hydroxylation sites is 2.